The van der Waals surface area contributed by atoms with Gasteiger partial charge in [-0.15, -0.1) is 0 Å². The number of ether oxygens (including phenoxy) is 2. The van der Waals surface area contributed by atoms with E-state index in [1.54, 1.807) is 31.3 Å². The van der Waals surface area contributed by atoms with Gasteiger partial charge in [0.1, 0.15) is 17.4 Å². The highest BCUT2D eigenvalue weighted by Crippen LogP contribution is 2.44. The van der Waals surface area contributed by atoms with E-state index in [-0.39, 0.29) is 17.5 Å². The van der Waals surface area contributed by atoms with Crippen molar-refractivity contribution in [1.29, 1.82) is 0 Å². The molecular weight excluding hydrogens is 394 g/mol. The van der Waals surface area contributed by atoms with Crippen molar-refractivity contribution in [3.05, 3.63) is 59.7 Å². The molecule has 2 aliphatic heterocycles. The number of rotatable bonds is 4. The lowest BCUT2D eigenvalue weighted by atomic mass is 9.88. The molecule has 7 nitrogen and oxygen atoms in total. The first-order chi connectivity index (χ1) is 13.9. The molecule has 2 aromatic carbocycles. The Bertz CT molecular complexity index is 1020. The third kappa shape index (κ3) is 3.85. The lowest BCUT2D eigenvalue weighted by molar-refractivity contribution is -0.152. The second-order valence-electron chi connectivity index (χ2n) is 7.28. The van der Waals surface area contributed by atoms with E-state index in [4.69, 9.17) is 9.47 Å². The lowest BCUT2D eigenvalue weighted by Crippen LogP contribution is -2.40. The maximum absolute atomic E-state index is 12.9. The van der Waals surface area contributed by atoms with Crippen LogP contribution >= 0.6 is 0 Å². The monoisotopic (exact) mass is 415 g/mol. The van der Waals surface area contributed by atoms with Gasteiger partial charge in [0, 0.05) is 24.2 Å². The summed E-state index contributed by atoms with van der Waals surface area (Å²) in [6.45, 7) is -0.437. The molecular formula is C21H21NO6S. The number of carbonyl (C=O) groups is 2. The van der Waals surface area contributed by atoms with E-state index >= 15 is 0 Å². The highest BCUT2D eigenvalue weighted by molar-refractivity contribution is 7.91. The molecule has 29 heavy (non-hydrogen) atoms. The van der Waals surface area contributed by atoms with Crippen LogP contribution in [0.15, 0.2) is 48.5 Å². The maximum Gasteiger partial charge on any atom is 0.318 e. The van der Waals surface area contributed by atoms with Crippen molar-refractivity contribution in [1.82, 2.24) is 4.90 Å². The summed E-state index contributed by atoms with van der Waals surface area (Å²) in [5.41, 5.74) is 1.36. The number of hydrogen-bond donors (Lipinski definition) is 0. The van der Waals surface area contributed by atoms with Crippen molar-refractivity contribution in [3.63, 3.8) is 0 Å². The molecule has 1 saturated heterocycles. The molecule has 0 aromatic heterocycles. The third-order valence-electron chi connectivity index (χ3n) is 5.40. The molecule has 0 spiro atoms. The van der Waals surface area contributed by atoms with E-state index in [1.165, 1.54) is 4.90 Å². The zero-order valence-corrected chi connectivity index (χ0v) is 16.7. The Morgan fingerprint density at radius 3 is 2.21 bits per heavy atom. The fraction of sp³-hybridized carbons (Fsp3) is 0.333. The van der Waals surface area contributed by atoms with Crippen molar-refractivity contribution in [2.45, 2.75) is 18.4 Å². The van der Waals surface area contributed by atoms with Crippen LogP contribution in [0.4, 0.5) is 0 Å². The van der Waals surface area contributed by atoms with Crippen LogP contribution in [-0.4, -0.2) is 56.4 Å². The van der Waals surface area contributed by atoms with Crippen LogP contribution in [0.25, 0.3) is 0 Å². The smallest absolute Gasteiger partial charge is 0.318 e. The Morgan fingerprint density at radius 2 is 1.66 bits per heavy atom. The van der Waals surface area contributed by atoms with Gasteiger partial charge in [0.2, 0.25) is 0 Å². The van der Waals surface area contributed by atoms with Gasteiger partial charge in [-0.1, -0.05) is 36.4 Å². The number of likely N-dealkylation sites (N-methyl/N-ethyl adjacent to an activating group) is 1. The minimum Gasteiger partial charge on any atom is -0.457 e. The number of hydrogen-bond acceptors (Lipinski definition) is 6. The number of para-hydroxylation sites is 2. The van der Waals surface area contributed by atoms with E-state index in [1.807, 2.05) is 24.3 Å². The molecule has 1 atom stereocenters. The van der Waals surface area contributed by atoms with Crippen molar-refractivity contribution >= 4 is 21.7 Å². The molecule has 8 heteroatoms. The lowest BCUT2D eigenvalue weighted by Gasteiger charge is -2.27. The normalized spacial score (nSPS) is 19.6. The van der Waals surface area contributed by atoms with Crippen molar-refractivity contribution in [2.75, 3.05) is 25.2 Å². The standard InChI is InChI=1S/C21H21NO6S/c1-22(14-10-11-29(25,26)13-14)19(23)12-27-21(24)20-15-6-2-4-8-17(15)28-18-9-5-3-7-16(18)20/h2-9,14,20H,10-13H2,1H3/t14-/m0/s1. The highest BCUT2D eigenvalue weighted by atomic mass is 32.2. The van der Waals surface area contributed by atoms with Crippen LogP contribution in [0.5, 0.6) is 11.5 Å². The molecule has 0 saturated carbocycles. The molecule has 1 fully saturated rings. The van der Waals surface area contributed by atoms with Gasteiger partial charge in [-0.05, 0) is 18.6 Å². The second kappa shape index (κ2) is 7.51. The third-order valence-corrected chi connectivity index (χ3v) is 7.15. The van der Waals surface area contributed by atoms with Crippen molar-refractivity contribution in [3.8, 4) is 11.5 Å². The van der Waals surface area contributed by atoms with Crippen LogP contribution in [0.3, 0.4) is 0 Å². The SMILES string of the molecule is CN(C(=O)COC(=O)C1c2ccccc2Oc2ccccc21)[C@H]1CCS(=O)(=O)C1. The number of esters is 1. The van der Waals surface area contributed by atoms with E-state index in [0.29, 0.717) is 29.0 Å². The molecule has 2 heterocycles. The summed E-state index contributed by atoms with van der Waals surface area (Å²) < 4.78 is 34.5. The molecule has 152 valence electrons. The Hall–Kier alpha value is -2.87. The summed E-state index contributed by atoms with van der Waals surface area (Å²) >= 11 is 0. The number of fused-ring (bicyclic) bond motifs is 2. The van der Waals surface area contributed by atoms with Gasteiger partial charge in [-0.25, -0.2) is 8.42 Å². The Kier molecular flexibility index (Phi) is 5.04. The van der Waals surface area contributed by atoms with E-state index in [9.17, 15) is 18.0 Å². The number of benzene rings is 2. The molecule has 0 N–H and O–H groups in total. The predicted octanol–water partition coefficient (Wildman–Crippen LogP) is 2.11. The van der Waals surface area contributed by atoms with Gasteiger partial charge in [0.25, 0.3) is 5.91 Å². The number of nitrogens with zero attached hydrogens (tertiary/aromatic N) is 1. The summed E-state index contributed by atoms with van der Waals surface area (Å²) in [6.07, 6.45) is 0.402. The number of amides is 1. The van der Waals surface area contributed by atoms with Crippen LogP contribution in [-0.2, 0) is 24.2 Å². The Labute approximate surface area is 169 Å². The summed E-state index contributed by atoms with van der Waals surface area (Å²) in [4.78, 5) is 26.7. The van der Waals surface area contributed by atoms with Gasteiger partial charge < -0.3 is 14.4 Å². The van der Waals surface area contributed by atoms with Gasteiger partial charge in [0.15, 0.2) is 16.4 Å². The maximum atomic E-state index is 12.9. The van der Waals surface area contributed by atoms with Gasteiger partial charge in [-0.2, -0.15) is 0 Å². The molecule has 0 aliphatic carbocycles. The van der Waals surface area contributed by atoms with E-state index in [2.05, 4.69) is 0 Å². The minimum atomic E-state index is -3.10. The molecule has 4 rings (SSSR count). The minimum absolute atomic E-state index is 0.0517. The van der Waals surface area contributed by atoms with Gasteiger partial charge >= 0.3 is 5.97 Å². The molecule has 1 amide bonds. The fourth-order valence-electron chi connectivity index (χ4n) is 3.77. The largest absolute Gasteiger partial charge is 0.457 e. The summed E-state index contributed by atoms with van der Waals surface area (Å²) in [7, 11) is -1.56. The van der Waals surface area contributed by atoms with Gasteiger partial charge in [-0.3, -0.25) is 9.59 Å². The van der Waals surface area contributed by atoms with E-state index < -0.39 is 34.2 Å². The molecule has 0 bridgehead atoms. The second-order valence-corrected chi connectivity index (χ2v) is 9.51. The predicted molar refractivity (Wildman–Crippen MR) is 106 cm³/mol. The zero-order valence-electron chi connectivity index (χ0n) is 15.9. The van der Waals surface area contributed by atoms with Crippen LogP contribution in [0.1, 0.15) is 23.5 Å². The summed E-state index contributed by atoms with van der Waals surface area (Å²) in [6, 6.07) is 14.1. The van der Waals surface area contributed by atoms with Crippen LogP contribution < -0.4 is 4.74 Å². The molecule has 2 aliphatic rings. The molecule has 2 aromatic rings. The Morgan fingerprint density at radius 1 is 1.07 bits per heavy atom. The first-order valence-electron chi connectivity index (χ1n) is 9.34. The first-order valence-corrected chi connectivity index (χ1v) is 11.2. The average molecular weight is 415 g/mol. The zero-order chi connectivity index (χ0) is 20.6. The van der Waals surface area contributed by atoms with Crippen LogP contribution in [0.2, 0.25) is 0 Å². The van der Waals surface area contributed by atoms with E-state index in [0.717, 1.165) is 0 Å². The summed E-state index contributed by atoms with van der Waals surface area (Å²) in [5, 5.41) is 0. The quantitative estimate of drug-likeness (QED) is 0.711. The average Bonchev–Trinajstić information content (AvgIpc) is 3.09. The number of carbonyl (C=O) groups excluding carboxylic acids is 2. The Balaban J connectivity index is 1.48. The summed E-state index contributed by atoms with van der Waals surface area (Å²) in [5.74, 6) is -0.487. The van der Waals surface area contributed by atoms with Crippen molar-refractivity contribution in [2.24, 2.45) is 0 Å². The molecule has 0 unspecified atom stereocenters. The fourth-order valence-corrected chi connectivity index (χ4v) is 5.54. The topological polar surface area (TPSA) is 90.0 Å². The van der Waals surface area contributed by atoms with Gasteiger partial charge in [0.05, 0.1) is 11.5 Å². The first kappa shape index (κ1) is 19.4. The van der Waals surface area contributed by atoms with Crippen molar-refractivity contribution < 1.29 is 27.5 Å². The molecule has 0 radical (unpaired) electrons. The van der Waals surface area contributed by atoms with Crippen LogP contribution in [0, 0.1) is 0 Å². The number of sulfone groups is 1. The highest BCUT2D eigenvalue weighted by Gasteiger charge is 2.35.